The third kappa shape index (κ3) is 2.81. The van der Waals surface area contributed by atoms with Crippen LogP contribution in [0.3, 0.4) is 0 Å². The van der Waals surface area contributed by atoms with Gasteiger partial charge in [0.25, 0.3) is 0 Å². The number of nitrogens with one attached hydrogen (secondary N) is 1. The van der Waals surface area contributed by atoms with Gasteiger partial charge in [-0.3, -0.25) is 4.90 Å². The zero-order valence-electron chi connectivity index (χ0n) is 8.64. The van der Waals surface area contributed by atoms with E-state index in [4.69, 9.17) is 15.3 Å². The Balaban J connectivity index is 0.000000245. The molecule has 0 radical (unpaired) electrons. The molecule has 1 aromatic rings. The standard InChI is InChI=1S/C9H12N2.NO3/c1-10-7-11(2)9-6-4-3-5-8(9)10;2-1(3)4/h3-6H,7H2,1-2H3;/q;-1/p+1. The van der Waals surface area contributed by atoms with Gasteiger partial charge in [0.2, 0.25) is 0 Å². The van der Waals surface area contributed by atoms with Crippen molar-refractivity contribution < 1.29 is 9.99 Å². The first-order valence-electron chi connectivity index (χ1n) is 4.47. The van der Waals surface area contributed by atoms with E-state index in [-0.39, 0.29) is 0 Å². The molecule has 1 aliphatic rings. The summed E-state index contributed by atoms with van der Waals surface area (Å²) < 4.78 is 0. The minimum Gasteiger partial charge on any atom is -0.356 e. The van der Waals surface area contributed by atoms with E-state index < -0.39 is 5.09 Å². The van der Waals surface area contributed by atoms with E-state index in [1.165, 1.54) is 16.3 Å². The van der Waals surface area contributed by atoms with Crippen molar-refractivity contribution in [3.05, 3.63) is 39.6 Å². The molecule has 15 heavy (non-hydrogen) atoms. The lowest BCUT2D eigenvalue weighted by atomic mass is 10.3. The fraction of sp³-hybridized carbons (Fsp3) is 0.333. The molecule has 0 saturated heterocycles. The van der Waals surface area contributed by atoms with Gasteiger partial charge in [0.15, 0.2) is 12.4 Å². The fourth-order valence-corrected chi connectivity index (χ4v) is 1.69. The van der Waals surface area contributed by atoms with Gasteiger partial charge in [-0.05, 0) is 6.07 Å². The molecule has 0 fully saturated rings. The lowest BCUT2D eigenvalue weighted by molar-refractivity contribution is -0.802. The topological polar surface area (TPSA) is 73.9 Å². The van der Waals surface area contributed by atoms with Crippen LogP contribution in [0.2, 0.25) is 0 Å². The van der Waals surface area contributed by atoms with E-state index >= 15 is 0 Å². The summed E-state index contributed by atoms with van der Waals surface area (Å²) in [5, 5.41) is 14.8. The highest BCUT2D eigenvalue weighted by Gasteiger charge is 2.23. The molecule has 0 spiro atoms. The Labute approximate surface area is 87.4 Å². The minimum atomic E-state index is -1.75. The minimum absolute atomic E-state index is 1.08. The van der Waals surface area contributed by atoms with Crippen molar-refractivity contribution in [1.29, 1.82) is 0 Å². The Morgan fingerprint density at radius 1 is 1.40 bits per heavy atom. The van der Waals surface area contributed by atoms with Crippen LogP contribution in [-0.4, -0.2) is 25.9 Å². The Morgan fingerprint density at radius 2 is 1.93 bits per heavy atom. The van der Waals surface area contributed by atoms with Crippen molar-refractivity contribution >= 4 is 11.4 Å². The van der Waals surface area contributed by atoms with Crippen molar-refractivity contribution in [2.45, 2.75) is 0 Å². The Kier molecular flexibility index (Phi) is 3.46. The maximum Gasteiger partial charge on any atom is 0.157 e. The average molecular weight is 211 g/mol. The number of nitrogens with zero attached hydrogens (tertiary/aromatic N) is 2. The van der Waals surface area contributed by atoms with Crippen LogP contribution < -0.4 is 9.80 Å². The van der Waals surface area contributed by atoms with Gasteiger partial charge in [0.05, 0.1) is 12.1 Å². The molecular weight excluding hydrogens is 198 g/mol. The van der Waals surface area contributed by atoms with E-state index in [0.29, 0.717) is 0 Å². The number of hydrogen-bond acceptors (Lipinski definition) is 4. The van der Waals surface area contributed by atoms with Crippen LogP contribution in [0.15, 0.2) is 24.3 Å². The molecule has 0 amide bonds. The van der Waals surface area contributed by atoms with E-state index in [2.05, 4.69) is 43.3 Å². The molecule has 82 valence electrons. The summed E-state index contributed by atoms with van der Waals surface area (Å²) in [7, 11) is 4.33. The van der Waals surface area contributed by atoms with E-state index in [1.807, 2.05) is 0 Å². The summed E-state index contributed by atoms with van der Waals surface area (Å²) in [5.41, 5.74) is 2.78. The fourth-order valence-electron chi connectivity index (χ4n) is 1.69. The van der Waals surface area contributed by atoms with Crippen LogP contribution in [0, 0.1) is 15.3 Å². The second-order valence-electron chi connectivity index (χ2n) is 3.38. The van der Waals surface area contributed by atoms with E-state index in [1.54, 1.807) is 0 Å². The normalized spacial score (nSPS) is 17.7. The molecule has 1 aliphatic heterocycles. The summed E-state index contributed by atoms with van der Waals surface area (Å²) >= 11 is 0. The smallest absolute Gasteiger partial charge is 0.157 e. The molecule has 1 atom stereocenters. The number of fused-ring (bicyclic) bond motifs is 1. The van der Waals surface area contributed by atoms with Crippen LogP contribution in [0.25, 0.3) is 0 Å². The molecule has 2 rings (SSSR count). The molecule has 1 unspecified atom stereocenters. The van der Waals surface area contributed by atoms with Gasteiger partial charge in [0.1, 0.15) is 5.69 Å². The van der Waals surface area contributed by atoms with Crippen molar-refractivity contribution in [2.24, 2.45) is 0 Å². The summed E-state index contributed by atoms with van der Waals surface area (Å²) in [6, 6.07) is 8.55. The third-order valence-corrected chi connectivity index (χ3v) is 2.25. The number of hydrogen-bond donors (Lipinski definition) is 1. The molecule has 0 aromatic heterocycles. The van der Waals surface area contributed by atoms with Gasteiger partial charge in [-0.15, -0.1) is 0 Å². The lowest BCUT2D eigenvalue weighted by Gasteiger charge is -2.06. The van der Waals surface area contributed by atoms with Gasteiger partial charge in [-0.25, -0.2) is 0 Å². The van der Waals surface area contributed by atoms with Gasteiger partial charge in [0, 0.05) is 13.1 Å². The summed E-state index contributed by atoms with van der Waals surface area (Å²) in [4.78, 5) is 12.0. The summed E-state index contributed by atoms with van der Waals surface area (Å²) in [5.74, 6) is 0. The average Bonchev–Trinajstić information content (AvgIpc) is 2.43. The SMILES string of the molecule is CN1C[NH+](C)c2ccccc21.O=[N+]([O-])[O-]. The molecule has 0 aliphatic carbocycles. The van der Waals surface area contributed by atoms with E-state index in [0.717, 1.165) is 6.67 Å². The number of para-hydroxylation sites is 2. The number of anilines is 1. The molecule has 6 heteroatoms. The van der Waals surface area contributed by atoms with Crippen LogP contribution in [0.1, 0.15) is 0 Å². The quantitative estimate of drug-likeness (QED) is 0.484. The lowest BCUT2D eigenvalue weighted by Crippen LogP contribution is -3.03. The second kappa shape index (κ2) is 4.61. The molecule has 0 saturated carbocycles. The van der Waals surface area contributed by atoms with Gasteiger partial charge in [-0.2, -0.15) is 0 Å². The number of rotatable bonds is 0. The Bertz CT molecular complexity index is 325. The Morgan fingerprint density at radius 3 is 2.47 bits per heavy atom. The van der Waals surface area contributed by atoms with Crippen LogP contribution in [0.4, 0.5) is 11.4 Å². The first kappa shape index (κ1) is 11.3. The summed E-state index contributed by atoms with van der Waals surface area (Å²) in [6.45, 7) is 1.08. The molecule has 0 bridgehead atoms. The van der Waals surface area contributed by atoms with E-state index in [9.17, 15) is 0 Å². The maximum atomic E-state index is 8.25. The second-order valence-corrected chi connectivity index (χ2v) is 3.38. The van der Waals surface area contributed by atoms with Crippen LogP contribution >= 0.6 is 0 Å². The van der Waals surface area contributed by atoms with Gasteiger partial charge < -0.3 is 20.2 Å². The zero-order valence-corrected chi connectivity index (χ0v) is 8.64. The molecule has 1 aromatic carbocycles. The molecule has 1 N–H and O–H groups in total. The van der Waals surface area contributed by atoms with Gasteiger partial charge >= 0.3 is 0 Å². The predicted octanol–water partition coefficient (Wildman–Crippen LogP) is 0.00100. The zero-order chi connectivity index (χ0) is 11.4. The van der Waals surface area contributed by atoms with Crippen molar-refractivity contribution in [2.75, 3.05) is 25.7 Å². The highest BCUT2D eigenvalue weighted by atomic mass is 16.9. The monoisotopic (exact) mass is 211 g/mol. The highest BCUT2D eigenvalue weighted by Crippen LogP contribution is 2.23. The first-order chi connectivity index (χ1) is 7.02. The highest BCUT2D eigenvalue weighted by molar-refractivity contribution is 5.64. The number of quaternary nitrogens is 1. The maximum absolute atomic E-state index is 8.25. The third-order valence-electron chi connectivity index (χ3n) is 2.25. The largest absolute Gasteiger partial charge is 0.356 e. The van der Waals surface area contributed by atoms with Crippen LogP contribution in [0.5, 0.6) is 0 Å². The molecule has 6 nitrogen and oxygen atoms in total. The summed E-state index contributed by atoms with van der Waals surface area (Å²) in [6.07, 6.45) is 0. The molecule has 1 heterocycles. The number of benzene rings is 1. The first-order valence-corrected chi connectivity index (χ1v) is 4.47. The predicted molar refractivity (Wildman–Crippen MR) is 56.6 cm³/mol. The van der Waals surface area contributed by atoms with Gasteiger partial charge in [-0.1, -0.05) is 12.1 Å². The Hall–Kier alpha value is -1.82. The van der Waals surface area contributed by atoms with Crippen molar-refractivity contribution in [1.82, 2.24) is 0 Å². The van der Waals surface area contributed by atoms with Crippen molar-refractivity contribution in [3.63, 3.8) is 0 Å². The van der Waals surface area contributed by atoms with Crippen LogP contribution in [-0.2, 0) is 0 Å². The van der Waals surface area contributed by atoms with Crippen molar-refractivity contribution in [3.8, 4) is 0 Å². The molecular formula is C9H13N3O3.